The fraction of sp³-hybridized carbons (Fsp3) is 0.979. The van der Waals surface area contributed by atoms with Gasteiger partial charge in [-0.05, 0) is 12.8 Å². The lowest BCUT2D eigenvalue weighted by molar-refractivity contribution is -0.261. The average molecular weight is 925 g/mol. The Bertz CT molecular complexity index is 1110. The molecule has 1 amide bonds. The number of nitrogens with one attached hydrogen (secondary N) is 1. The van der Waals surface area contributed by atoms with E-state index in [1.165, 1.54) is 141 Å². The molecule has 0 spiro atoms. The van der Waals surface area contributed by atoms with Crippen LogP contribution in [0.25, 0.3) is 0 Å². The molecule has 1 fully saturated rings. The summed E-state index contributed by atoms with van der Waals surface area (Å²) in [6, 6.07) is -1.51. The summed E-state index contributed by atoms with van der Waals surface area (Å²) in [5, 5.41) is 85.3. The number of amides is 1. The molecule has 11 atom stereocenters. The second-order valence-electron chi connectivity index (χ2n) is 18.6. The third kappa shape index (κ3) is 28.9. The molecule has 15 heteroatoms. The number of hydrogen-bond acceptors (Lipinski definition) is 13. The third-order valence-corrected chi connectivity index (χ3v) is 13.8. The first kappa shape index (κ1) is 60.3. The van der Waals surface area contributed by atoms with Crippen LogP contribution in [0.5, 0.6) is 0 Å². The first-order chi connectivity index (χ1) is 30.3. The van der Waals surface area contributed by atoms with Crippen molar-refractivity contribution in [2.75, 3.05) is 6.61 Å². The lowest BCUT2D eigenvalue weighted by Gasteiger charge is -2.43. The van der Waals surface area contributed by atoms with Gasteiger partial charge in [-0.1, -0.05) is 219 Å². The molecule has 0 saturated heterocycles. The van der Waals surface area contributed by atoms with Gasteiger partial charge in [0.05, 0.1) is 18.8 Å². The van der Waals surface area contributed by atoms with Crippen LogP contribution in [0.15, 0.2) is 0 Å². The van der Waals surface area contributed by atoms with Gasteiger partial charge in [0.1, 0.15) is 48.8 Å². The smallest absolute Gasteiger partial charge is 0.268 e. The highest BCUT2D eigenvalue weighted by Gasteiger charge is 2.50. The number of unbranched alkanes of at least 4 members (excludes halogenated alkanes) is 30. The lowest BCUT2D eigenvalue weighted by Crippen LogP contribution is -2.64. The second-order valence-corrected chi connectivity index (χ2v) is 20.0. The molecule has 0 bridgehead atoms. The summed E-state index contributed by atoms with van der Waals surface area (Å²) in [7, 11) is -5.48. The zero-order valence-electron chi connectivity index (χ0n) is 39.6. The minimum atomic E-state index is -5.48. The number of carbonyl (C=O) groups excluding carboxylic acids is 1. The van der Waals surface area contributed by atoms with E-state index in [-0.39, 0.29) is 12.8 Å². The van der Waals surface area contributed by atoms with E-state index in [1.54, 1.807) is 0 Å². The van der Waals surface area contributed by atoms with Crippen molar-refractivity contribution in [1.82, 2.24) is 5.32 Å². The van der Waals surface area contributed by atoms with E-state index in [2.05, 4.69) is 19.2 Å². The first-order valence-corrected chi connectivity index (χ1v) is 27.1. The number of rotatable bonds is 43. The number of phosphoric ester groups is 1. The first-order valence-electron chi connectivity index (χ1n) is 25.7. The van der Waals surface area contributed by atoms with E-state index in [9.17, 15) is 55.1 Å². The van der Waals surface area contributed by atoms with E-state index in [4.69, 9.17) is 9.05 Å². The quantitative estimate of drug-likeness (QED) is 0.0212. The Morgan fingerprint density at radius 2 is 0.810 bits per heavy atom. The van der Waals surface area contributed by atoms with Crippen LogP contribution in [0.1, 0.15) is 232 Å². The number of aliphatic hydroxyl groups is 8. The summed E-state index contributed by atoms with van der Waals surface area (Å²) in [5.41, 5.74) is 0. The van der Waals surface area contributed by atoms with Gasteiger partial charge in [-0.15, -0.1) is 0 Å². The molecule has 0 aromatic rings. The molecule has 1 rings (SSSR count). The van der Waals surface area contributed by atoms with Gasteiger partial charge in [-0.25, -0.2) is 0 Å². The van der Waals surface area contributed by atoms with Crippen LogP contribution in [-0.2, 0) is 18.4 Å². The van der Waals surface area contributed by atoms with Crippen LogP contribution >= 0.6 is 7.82 Å². The average Bonchev–Trinajstić information content (AvgIpc) is 3.27. The van der Waals surface area contributed by atoms with Crippen molar-refractivity contribution in [3.63, 3.8) is 0 Å². The predicted molar refractivity (Wildman–Crippen MR) is 247 cm³/mol. The summed E-state index contributed by atoms with van der Waals surface area (Å²) in [5.74, 6) is -0.877. The Kier molecular flexibility index (Phi) is 36.6. The zero-order valence-corrected chi connectivity index (χ0v) is 40.5. The fourth-order valence-corrected chi connectivity index (χ4v) is 9.49. The maximum Gasteiger partial charge on any atom is 0.268 e. The summed E-state index contributed by atoms with van der Waals surface area (Å²) in [6.07, 6.45) is 21.4. The number of phosphoric acid groups is 1. The Labute approximate surface area is 382 Å². The molecular formula is C48H95NO13P-. The lowest BCUT2D eigenvalue weighted by atomic mass is 9.85. The molecule has 0 aliphatic heterocycles. The van der Waals surface area contributed by atoms with Gasteiger partial charge in [-0.2, -0.15) is 0 Å². The SMILES string of the molecule is CCCCCCCCCCCCCCCCCCCCCC[C@H](O)C(=O)N[C@@H](COP(=O)([O-])OC1[C@H](O)[C@H](O)C(O)[C@H](O)[C@H]1O)[C@H](O)[C@H](O)CCCCCCCCCCCCCC. The summed E-state index contributed by atoms with van der Waals surface area (Å²) in [6.45, 7) is 3.52. The second kappa shape index (κ2) is 38.3. The highest BCUT2D eigenvalue weighted by Crippen LogP contribution is 2.43. The molecule has 3 unspecified atom stereocenters. The Balaban J connectivity index is 2.49. The van der Waals surface area contributed by atoms with Crippen molar-refractivity contribution in [2.45, 2.75) is 293 Å². The molecule has 9 N–H and O–H groups in total. The highest BCUT2D eigenvalue weighted by molar-refractivity contribution is 7.45. The van der Waals surface area contributed by atoms with Crippen molar-refractivity contribution < 1.29 is 64.2 Å². The number of hydrogen-bond donors (Lipinski definition) is 9. The normalized spacial score (nSPS) is 23.3. The van der Waals surface area contributed by atoms with Crippen LogP contribution in [0.3, 0.4) is 0 Å². The fourth-order valence-electron chi connectivity index (χ4n) is 8.53. The van der Waals surface area contributed by atoms with Crippen LogP contribution in [0.4, 0.5) is 0 Å². The summed E-state index contributed by atoms with van der Waals surface area (Å²) < 4.78 is 22.5. The highest BCUT2D eigenvalue weighted by atomic mass is 31.2. The van der Waals surface area contributed by atoms with E-state index in [0.717, 1.165) is 51.4 Å². The van der Waals surface area contributed by atoms with Crippen molar-refractivity contribution in [3.8, 4) is 0 Å². The summed E-state index contributed by atoms with van der Waals surface area (Å²) >= 11 is 0. The Morgan fingerprint density at radius 3 is 1.16 bits per heavy atom. The molecule has 376 valence electrons. The van der Waals surface area contributed by atoms with Crippen molar-refractivity contribution in [3.05, 3.63) is 0 Å². The molecule has 14 nitrogen and oxygen atoms in total. The van der Waals surface area contributed by atoms with Gasteiger partial charge in [-0.3, -0.25) is 9.36 Å². The topological polar surface area (TPSA) is 250 Å². The van der Waals surface area contributed by atoms with E-state index >= 15 is 0 Å². The van der Waals surface area contributed by atoms with E-state index in [0.29, 0.717) is 12.8 Å². The van der Waals surface area contributed by atoms with Crippen LogP contribution in [-0.4, -0.2) is 114 Å². The van der Waals surface area contributed by atoms with Gasteiger partial charge in [0.2, 0.25) is 5.91 Å². The maximum absolute atomic E-state index is 13.1. The minimum absolute atomic E-state index is 0.146. The van der Waals surface area contributed by atoms with Gasteiger partial charge >= 0.3 is 0 Å². The molecule has 0 aromatic carbocycles. The zero-order chi connectivity index (χ0) is 46.7. The van der Waals surface area contributed by atoms with Crippen molar-refractivity contribution in [2.24, 2.45) is 0 Å². The van der Waals surface area contributed by atoms with Gasteiger partial charge in [0.25, 0.3) is 7.82 Å². The number of aliphatic hydroxyl groups excluding tert-OH is 8. The molecule has 1 aliphatic carbocycles. The number of carbonyl (C=O) groups is 1. The largest absolute Gasteiger partial charge is 0.756 e. The molecule has 0 radical (unpaired) electrons. The van der Waals surface area contributed by atoms with Crippen LogP contribution < -0.4 is 10.2 Å². The molecule has 0 heterocycles. The van der Waals surface area contributed by atoms with E-state index in [1.807, 2.05) is 0 Å². The molecule has 63 heavy (non-hydrogen) atoms. The van der Waals surface area contributed by atoms with Crippen LogP contribution in [0, 0.1) is 0 Å². The summed E-state index contributed by atoms with van der Waals surface area (Å²) in [4.78, 5) is 25.9. The third-order valence-electron chi connectivity index (χ3n) is 12.9. The molecule has 1 aliphatic rings. The molecule has 0 aromatic heterocycles. The minimum Gasteiger partial charge on any atom is -0.756 e. The monoisotopic (exact) mass is 925 g/mol. The Morgan fingerprint density at radius 1 is 0.508 bits per heavy atom. The van der Waals surface area contributed by atoms with Gasteiger partial charge in [0, 0.05) is 0 Å². The Hall–Kier alpha value is -0.740. The predicted octanol–water partition coefficient (Wildman–Crippen LogP) is 7.55. The standard InChI is InChI=1S/C48H96NO13P/c1-3-5-7-9-11-13-15-17-18-19-20-21-22-23-24-26-28-30-32-34-36-40(51)48(58)49-38(37-61-63(59,60)62-47-45(56)43(54)42(53)44(55)46(47)57)41(52)39(50)35-33-31-29-27-25-16-14-12-10-8-6-4-2/h38-47,50-57H,3-37H2,1-2H3,(H,49,58)(H,59,60)/p-1/t38-,39+,40-,41-,42?,43-,44+,45+,46+,47?/m0/s1. The van der Waals surface area contributed by atoms with Crippen molar-refractivity contribution >= 4 is 13.7 Å². The van der Waals surface area contributed by atoms with Crippen molar-refractivity contribution in [1.29, 1.82) is 0 Å². The molecular weight excluding hydrogens is 829 g/mol. The van der Waals surface area contributed by atoms with Crippen LogP contribution in [0.2, 0.25) is 0 Å². The van der Waals surface area contributed by atoms with E-state index < -0.39 is 81.3 Å². The van der Waals surface area contributed by atoms with Gasteiger partial charge in [0.15, 0.2) is 0 Å². The maximum atomic E-state index is 13.1. The van der Waals surface area contributed by atoms with Gasteiger partial charge < -0.3 is 60.1 Å². The molecule has 1 saturated carbocycles.